The zero-order valence-corrected chi connectivity index (χ0v) is 15.4. The molecule has 2 aromatic carbocycles. The van der Waals surface area contributed by atoms with Crippen LogP contribution < -0.4 is 5.32 Å². The van der Waals surface area contributed by atoms with Gasteiger partial charge in [0.05, 0.1) is 12.0 Å². The smallest absolute Gasteiger partial charge is 0.328 e. The first-order valence-corrected chi connectivity index (χ1v) is 8.62. The van der Waals surface area contributed by atoms with Gasteiger partial charge in [-0.3, -0.25) is 10.1 Å². The van der Waals surface area contributed by atoms with E-state index in [9.17, 15) is 14.9 Å². The zero-order chi connectivity index (χ0) is 18.7. The Balaban J connectivity index is 1.93. The van der Waals surface area contributed by atoms with E-state index >= 15 is 0 Å². The number of carbonyl (C=O) groups excluding carboxylic acids is 1. The Hall–Kier alpha value is -2.87. The highest BCUT2D eigenvalue weighted by molar-refractivity contribution is 9.10. The Kier molecular flexibility index (Phi) is 5.22. The molecule has 0 bridgehead atoms. The van der Waals surface area contributed by atoms with Crippen molar-refractivity contribution < 1.29 is 14.5 Å². The topological polar surface area (TPSA) is 97.3 Å². The van der Waals surface area contributed by atoms with Gasteiger partial charge < -0.3 is 15.0 Å². The minimum atomic E-state index is -0.765. The predicted molar refractivity (Wildman–Crippen MR) is 102 cm³/mol. The average molecular weight is 418 g/mol. The van der Waals surface area contributed by atoms with Gasteiger partial charge in [-0.15, -0.1) is 0 Å². The van der Waals surface area contributed by atoms with Crippen LogP contribution in [0.2, 0.25) is 0 Å². The number of nitro benzene ring substituents is 1. The van der Waals surface area contributed by atoms with Crippen LogP contribution >= 0.6 is 15.9 Å². The number of halogens is 1. The summed E-state index contributed by atoms with van der Waals surface area (Å²) in [5.41, 5.74) is 2.02. The number of nitrogens with one attached hydrogen (secondary N) is 2. The van der Waals surface area contributed by atoms with E-state index in [1.165, 1.54) is 13.2 Å². The van der Waals surface area contributed by atoms with Crippen LogP contribution in [0.4, 0.5) is 11.4 Å². The number of aromatic nitrogens is 1. The maximum atomic E-state index is 12.3. The summed E-state index contributed by atoms with van der Waals surface area (Å²) in [7, 11) is 1.29. The molecule has 0 saturated heterocycles. The fraction of sp³-hybridized carbons (Fsp3) is 0.167. The van der Waals surface area contributed by atoms with E-state index < -0.39 is 16.9 Å². The van der Waals surface area contributed by atoms with Gasteiger partial charge in [0.25, 0.3) is 5.69 Å². The minimum Gasteiger partial charge on any atom is -0.467 e. The molecule has 2 N–H and O–H groups in total. The Morgan fingerprint density at radius 1 is 1.35 bits per heavy atom. The molecule has 0 radical (unpaired) electrons. The van der Waals surface area contributed by atoms with Gasteiger partial charge in [-0.05, 0) is 23.8 Å². The van der Waals surface area contributed by atoms with Crippen LogP contribution in [0.15, 0.2) is 53.1 Å². The molecule has 0 amide bonds. The van der Waals surface area contributed by atoms with Crippen molar-refractivity contribution >= 4 is 44.2 Å². The first-order valence-electron chi connectivity index (χ1n) is 7.83. The van der Waals surface area contributed by atoms with E-state index in [4.69, 9.17) is 4.74 Å². The van der Waals surface area contributed by atoms with Crippen molar-refractivity contribution in [3.63, 3.8) is 0 Å². The van der Waals surface area contributed by atoms with Crippen LogP contribution in [0.3, 0.4) is 0 Å². The molecule has 0 saturated carbocycles. The molecule has 0 spiro atoms. The lowest BCUT2D eigenvalue weighted by Gasteiger charge is -2.17. The lowest BCUT2D eigenvalue weighted by Crippen LogP contribution is -2.33. The molecule has 0 aliphatic heterocycles. The number of benzene rings is 2. The number of anilines is 1. The SMILES string of the molecule is COC(=O)C(Cc1c[nH]c2ccccc12)Nc1ccc(Br)cc1[N+](=O)[O-]. The Morgan fingerprint density at radius 3 is 2.85 bits per heavy atom. The van der Waals surface area contributed by atoms with E-state index in [2.05, 4.69) is 26.2 Å². The third kappa shape index (κ3) is 3.70. The van der Waals surface area contributed by atoms with Crippen LogP contribution in [-0.4, -0.2) is 29.0 Å². The van der Waals surface area contributed by atoms with Crippen molar-refractivity contribution in [3.05, 3.63) is 68.8 Å². The Bertz CT molecular complexity index is 970. The first-order chi connectivity index (χ1) is 12.5. The maximum Gasteiger partial charge on any atom is 0.328 e. The molecule has 0 aliphatic rings. The molecule has 1 atom stereocenters. The molecule has 3 aromatic rings. The van der Waals surface area contributed by atoms with Gasteiger partial charge in [0.2, 0.25) is 0 Å². The van der Waals surface area contributed by atoms with Gasteiger partial charge in [-0.2, -0.15) is 0 Å². The molecule has 8 heteroatoms. The second-order valence-corrected chi connectivity index (χ2v) is 6.62. The highest BCUT2D eigenvalue weighted by Gasteiger charge is 2.24. The van der Waals surface area contributed by atoms with E-state index in [1.54, 1.807) is 12.1 Å². The standard InChI is InChI=1S/C18H16BrN3O4/c1-26-18(23)16(8-11-10-20-14-5-3-2-4-13(11)14)21-15-7-6-12(19)9-17(15)22(24)25/h2-7,9-10,16,20-21H,8H2,1H3. The highest BCUT2D eigenvalue weighted by atomic mass is 79.9. The van der Waals surface area contributed by atoms with Crippen molar-refractivity contribution in [3.8, 4) is 0 Å². The summed E-state index contributed by atoms with van der Waals surface area (Å²) in [6.07, 6.45) is 2.15. The van der Waals surface area contributed by atoms with E-state index in [0.717, 1.165) is 16.5 Å². The van der Waals surface area contributed by atoms with Gasteiger partial charge in [0.15, 0.2) is 0 Å². The Morgan fingerprint density at radius 2 is 2.12 bits per heavy atom. The summed E-state index contributed by atoms with van der Waals surface area (Å²) in [5, 5.41) is 15.3. The number of nitrogens with zero attached hydrogens (tertiary/aromatic N) is 1. The molecule has 26 heavy (non-hydrogen) atoms. The summed E-state index contributed by atoms with van der Waals surface area (Å²) >= 11 is 3.22. The van der Waals surface area contributed by atoms with Crippen molar-refractivity contribution in [2.45, 2.75) is 12.5 Å². The van der Waals surface area contributed by atoms with E-state index in [-0.39, 0.29) is 11.4 Å². The number of rotatable bonds is 6. The number of H-pyrrole nitrogens is 1. The number of hydrogen-bond acceptors (Lipinski definition) is 5. The van der Waals surface area contributed by atoms with Crippen LogP contribution in [0.5, 0.6) is 0 Å². The number of methoxy groups -OCH3 is 1. The number of ether oxygens (including phenoxy) is 1. The average Bonchev–Trinajstić information content (AvgIpc) is 3.04. The minimum absolute atomic E-state index is 0.118. The van der Waals surface area contributed by atoms with Crippen LogP contribution in [-0.2, 0) is 16.0 Å². The Labute approximate surface area is 157 Å². The lowest BCUT2D eigenvalue weighted by molar-refractivity contribution is -0.384. The van der Waals surface area contributed by atoms with Gasteiger partial charge in [0.1, 0.15) is 11.7 Å². The predicted octanol–water partition coefficient (Wildman–Crippen LogP) is 4.03. The van der Waals surface area contributed by atoms with Crippen LogP contribution in [0.25, 0.3) is 10.9 Å². The maximum absolute atomic E-state index is 12.3. The summed E-state index contributed by atoms with van der Waals surface area (Å²) in [5.74, 6) is -0.493. The number of esters is 1. The first kappa shape index (κ1) is 17.9. The van der Waals surface area contributed by atoms with E-state index in [1.807, 2.05) is 30.5 Å². The zero-order valence-electron chi connectivity index (χ0n) is 13.9. The van der Waals surface area contributed by atoms with Crippen molar-refractivity contribution in [1.29, 1.82) is 0 Å². The number of hydrogen-bond donors (Lipinski definition) is 2. The highest BCUT2D eigenvalue weighted by Crippen LogP contribution is 2.29. The fourth-order valence-corrected chi connectivity index (χ4v) is 3.17. The quantitative estimate of drug-likeness (QED) is 0.358. The van der Waals surface area contributed by atoms with Gasteiger partial charge in [0, 0.05) is 34.1 Å². The van der Waals surface area contributed by atoms with Crippen molar-refractivity contribution in [1.82, 2.24) is 4.98 Å². The van der Waals surface area contributed by atoms with Crippen molar-refractivity contribution in [2.24, 2.45) is 0 Å². The number of carbonyl (C=O) groups is 1. The van der Waals surface area contributed by atoms with Crippen LogP contribution in [0, 0.1) is 10.1 Å². The van der Waals surface area contributed by atoms with Gasteiger partial charge in [-0.25, -0.2) is 4.79 Å². The summed E-state index contributed by atoms with van der Waals surface area (Å²) in [6, 6.07) is 11.6. The number of aromatic amines is 1. The second kappa shape index (κ2) is 7.57. The molecule has 1 unspecified atom stereocenters. The molecule has 0 aliphatic carbocycles. The summed E-state index contributed by atoms with van der Waals surface area (Å²) < 4.78 is 5.46. The van der Waals surface area contributed by atoms with Gasteiger partial charge >= 0.3 is 5.97 Å². The molecular formula is C18H16BrN3O4. The number of fused-ring (bicyclic) bond motifs is 1. The molecule has 1 heterocycles. The monoisotopic (exact) mass is 417 g/mol. The molecule has 1 aromatic heterocycles. The van der Waals surface area contributed by atoms with E-state index in [0.29, 0.717) is 10.9 Å². The summed E-state index contributed by atoms with van der Waals surface area (Å²) in [6.45, 7) is 0. The molecule has 7 nitrogen and oxygen atoms in total. The molecule has 0 fully saturated rings. The summed E-state index contributed by atoms with van der Waals surface area (Å²) in [4.78, 5) is 26.2. The number of nitro groups is 1. The lowest BCUT2D eigenvalue weighted by atomic mass is 10.0. The number of para-hydroxylation sites is 1. The second-order valence-electron chi connectivity index (χ2n) is 5.70. The van der Waals surface area contributed by atoms with Gasteiger partial charge in [-0.1, -0.05) is 34.1 Å². The third-order valence-corrected chi connectivity index (χ3v) is 4.56. The normalized spacial score (nSPS) is 11.9. The third-order valence-electron chi connectivity index (χ3n) is 4.07. The van der Waals surface area contributed by atoms with Crippen molar-refractivity contribution in [2.75, 3.05) is 12.4 Å². The molecule has 134 valence electrons. The molecular weight excluding hydrogens is 402 g/mol. The fourth-order valence-electron chi connectivity index (χ4n) is 2.82. The van der Waals surface area contributed by atoms with Crippen LogP contribution in [0.1, 0.15) is 5.56 Å². The molecule has 3 rings (SSSR count). The largest absolute Gasteiger partial charge is 0.467 e.